The molecule has 2 unspecified atom stereocenters. The molecule has 2 atom stereocenters. The van der Waals surface area contributed by atoms with Gasteiger partial charge in [-0.25, -0.2) is 0 Å². The van der Waals surface area contributed by atoms with Crippen molar-refractivity contribution in [2.75, 3.05) is 23.8 Å². The van der Waals surface area contributed by atoms with Gasteiger partial charge in [0.2, 0.25) is 0 Å². The zero-order valence-corrected chi connectivity index (χ0v) is 42.1. The summed E-state index contributed by atoms with van der Waals surface area (Å²) in [6, 6.07) is 17.2. The maximum atomic E-state index is 13.7. The molecule has 0 saturated carbocycles. The van der Waals surface area contributed by atoms with Crippen LogP contribution in [0.1, 0.15) is 165 Å². The molecule has 0 radical (unpaired) electrons. The molecule has 2 aliphatic heterocycles. The molecule has 61 heavy (non-hydrogen) atoms. The number of hydrogen-bond donors (Lipinski definition) is 1. The van der Waals surface area contributed by atoms with E-state index in [4.69, 9.17) is 0 Å². The number of unbranched alkanes of at least 4 members (excludes halogenated alkanes) is 16. The van der Waals surface area contributed by atoms with Crippen LogP contribution in [0.2, 0.25) is 0 Å². The molecule has 0 bridgehead atoms. The molecule has 4 nitrogen and oxygen atoms in total. The summed E-state index contributed by atoms with van der Waals surface area (Å²) in [7, 11) is 2.22. The van der Waals surface area contributed by atoms with E-state index < -0.39 is 0 Å². The molecule has 2 aliphatic rings. The summed E-state index contributed by atoms with van der Waals surface area (Å²) < 4.78 is 0.837. The number of thioether (sulfide) groups is 1. The SMILES string of the molecule is CCCCCCCCCCCCC(CCCCCCCCCC)CN(C)c1cc2c(c/c1=C(/C=O)C1=CCC(C)(c3ccc(-c4cccs4)s3)S1)NC(=O)C=2c1ccc(Br)s1. The number of fused-ring (bicyclic) bond motifs is 1. The third-order valence-corrected chi connectivity index (χ3v) is 18.3. The van der Waals surface area contributed by atoms with Gasteiger partial charge in [-0.15, -0.1) is 45.8 Å². The zero-order valence-electron chi connectivity index (χ0n) is 37.3. The first-order chi connectivity index (χ1) is 29.7. The van der Waals surface area contributed by atoms with Crippen molar-refractivity contribution in [3.05, 3.63) is 88.9 Å². The lowest BCUT2D eigenvalue weighted by Gasteiger charge is -2.27. The Morgan fingerprint density at radius 3 is 2.00 bits per heavy atom. The number of carbonyl (C=O) groups is 2. The summed E-state index contributed by atoms with van der Waals surface area (Å²) in [4.78, 5) is 35.4. The van der Waals surface area contributed by atoms with Crippen molar-refractivity contribution in [1.82, 2.24) is 0 Å². The van der Waals surface area contributed by atoms with Gasteiger partial charge in [-0.2, -0.15) is 0 Å². The first kappa shape index (κ1) is 48.0. The molecule has 5 heterocycles. The monoisotopic (exact) mass is 960 g/mol. The molecule has 1 aromatic carbocycles. The summed E-state index contributed by atoms with van der Waals surface area (Å²) in [5.74, 6) is 0.480. The molecular formula is C52H69BrN2O2S4. The number of amides is 1. The summed E-state index contributed by atoms with van der Waals surface area (Å²) in [5.41, 5.74) is 3.23. The van der Waals surface area contributed by atoms with Gasteiger partial charge in [0.1, 0.15) is 0 Å². The van der Waals surface area contributed by atoms with Crippen LogP contribution in [0.5, 0.6) is 0 Å². The van der Waals surface area contributed by atoms with E-state index in [-0.39, 0.29) is 10.7 Å². The van der Waals surface area contributed by atoms with E-state index in [0.29, 0.717) is 17.1 Å². The Balaban J connectivity index is 1.26. The fraction of sp³-hybridized carbons (Fsp3) is 0.538. The Kier molecular flexibility index (Phi) is 19.4. The van der Waals surface area contributed by atoms with Gasteiger partial charge in [0.15, 0.2) is 6.29 Å². The van der Waals surface area contributed by atoms with Gasteiger partial charge in [0.05, 0.1) is 14.1 Å². The molecule has 3 aromatic heterocycles. The lowest BCUT2D eigenvalue weighted by molar-refractivity contribution is -0.111. The standard InChI is InChI=1S/C52H69BrN2O2S4/c1-5-7-9-11-13-15-16-18-20-22-25-38(24-21-19-17-14-12-10-8-6-2)36-55(4)43-35-40-42(54-51(57)50(40)47-28-30-49(53)60-47)34-39(43)41(37-56)44-31-32-52(3,61-44)48-29-27-46(59-48)45-26-23-33-58-45/h23,26-31,33-35,37-38H,5-22,24-25,32,36H2,1-4H3,(H,54,57)/b41-39+. The minimum Gasteiger partial charge on any atom is -0.374 e. The van der Waals surface area contributed by atoms with Crippen molar-refractivity contribution in [3.63, 3.8) is 0 Å². The van der Waals surface area contributed by atoms with Crippen LogP contribution >= 0.6 is 61.7 Å². The van der Waals surface area contributed by atoms with Gasteiger partial charge in [0.25, 0.3) is 5.91 Å². The Morgan fingerprint density at radius 2 is 1.43 bits per heavy atom. The third-order valence-electron chi connectivity index (χ3n) is 12.7. The summed E-state index contributed by atoms with van der Waals surface area (Å²) in [6.07, 6.45) is 30.8. The Morgan fingerprint density at radius 1 is 0.803 bits per heavy atom. The molecule has 0 aliphatic carbocycles. The lowest BCUT2D eigenvalue weighted by Crippen LogP contribution is -2.32. The van der Waals surface area contributed by atoms with Gasteiger partial charge in [-0.1, -0.05) is 142 Å². The second-order valence-electron chi connectivity index (χ2n) is 17.6. The number of nitrogens with one attached hydrogen (secondary N) is 1. The van der Waals surface area contributed by atoms with Crippen LogP contribution in [0.4, 0.5) is 11.4 Å². The van der Waals surface area contributed by atoms with Crippen LogP contribution in [-0.2, 0) is 14.3 Å². The number of aldehydes is 1. The summed E-state index contributed by atoms with van der Waals surface area (Å²) in [5, 5.41) is 7.15. The topological polar surface area (TPSA) is 49.4 Å². The van der Waals surface area contributed by atoms with Crippen molar-refractivity contribution in [3.8, 4) is 9.75 Å². The van der Waals surface area contributed by atoms with Crippen LogP contribution in [0, 0.1) is 5.92 Å². The van der Waals surface area contributed by atoms with Crippen molar-refractivity contribution < 1.29 is 9.59 Å². The van der Waals surface area contributed by atoms with E-state index in [9.17, 15) is 9.59 Å². The van der Waals surface area contributed by atoms with Gasteiger partial charge >= 0.3 is 0 Å². The molecule has 0 saturated heterocycles. The van der Waals surface area contributed by atoms with Crippen LogP contribution < -0.4 is 20.7 Å². The highest BCUT2D eigenvalue weighted by atomic mass is 79.9. The maximum absolute atomic E-state index is 13.7. The van der Waals surface area contributed by atoms with Gasteiger partial charge in [-0.05, 0) is 95.9 Å². The van der Waals surface area contributed by atoms with Crippen LogP contribution in [0.15, 0.2) is 68.7 Å². The highest BCUT2D eigenvalue weighted by Crippen LogP contribution is 2.54. The van der Waals surface area contributed by atoms with Gasteiger partial charge < -0.3 is 10.2 Å². The minimum absolute atomic E-state index is 0.0856. The van der Waals surface area contributed by atoms with Crippen LogP contribution in [-0.4, -0.2) is 25.8 Å². The molecule has 1 amide bonds. The smallest absolute Gasteiger partial charge is 0.257 e. The van der Waals surface area contributed by atoms with Crippen molar-refractivity contribution in [2.24, 2.45) is 5.92 Å². The highest BCUT2D eigenvalue weighted by molar-refractivity contribution is 9.11. The predicted molar refractivity (Wildman–Crippen MR) is 274 cm³/mol. The average Bonchev–Trinajstić information content (AvgIpc) is 4.11. The first-order valence-electron chi connectivity index (χ1n) is 23.4. The average molecular weight is 962 g/mol. The predicted octanol–water partition coefficient (Wildman–Crippen LogP) is 15.6. The van der Waals surface area contributed by atoms with E-state index in [2.05, 4.69) is 102 Å². The van der Waals surface area contributed by atoms with Crippen LogP contribution in [0.3, 0.4) is 0 Å². The lowest BCUT2D eigenvalue weighted by atomic mass is 9.93. The fourth-order valence-electron chi connectivity index (χ4n) is 9.09. The van der Waals surface area contributed by atoms with E-state index in [1.165, 1.54) is 143 Å². The van der Waals surface area contributed by atoms with E-state index in [1.54, 1.807) is 22.7 Å². The fourth-order valence-corrected chi connectivity index (χ4v) is 13.9. The Hall–Kier alpha value is -2.43. The molecule has 0 fully saturated rings. The molecular weight excluding hydrogens is 893 g/mol. The molecule has 1 N–H and O–H groups in total. The number of hydrogen-bond acceptors (Lipinski definition) is 7. The number of carbonyl (C=O) groups excluding carboxylic acids is 2. The molecule has 0 spiro atoms. The van der Waals surface area contributed by atoms with E-state index in [1.807, 2.05) is 35.2 Å². The number of benzene rings is 1. The zero-order chi connectivity index (χ0) is 43.0. The molecule has 330 valence electrons. The highest BCUT2D eigenvalue weighted by Gasteiger charge is 2.36. The number of rotatable bonds is 28. The second kappa shape index (κ2) is 24.6. The third kappa shape index (κ3) is 13.3. The summed E-state index contributed by atoms with van der Waals surface area (Å²) in [6.45, 7) is 7.83. The van der Waals surface area contributed by atoms with Crippen molar-refractivity contribution in [2.45, 2.75) is 160 Å². The van der Waals surface area contributed by atoms with E-state index in [0.717, 1.165) is 54.6 Å². The number of halogens is 1. The largest absolute Gasteiger partial charge is 0.374 e. The second-order valence-corrected chi connectivity index (χ2v) is 23.6. The summed E-state index contributed by atoms with van der Waals surface area (Å²) >= 11 is 10.7. The maximum Gasteiger partial charge on any atom is 0.257 e. The molecule has 6 rings (SSSR count). The number of allylic oxidation sites excluding steroid dienone is 2. The number of thiophene rings is 3. The molecule has 9 heteroatoms. The first-order valence-corrected chi connectivity index (χ1v) is 27.6. The Labute approximate surface area is 391 Å². The van der Waals surface area contributed by atoms with Crippen molar-refractivity contribution >= 4 is 96.4 Å². The normalized spacial score (nSPS) is 17.1. The Bertz CT molecular complexity index is 2170. The number of nitrogens with zero attached hydrogens (tertiary/aromatic N) is 1. The van der Waals surface area contributed by atoms with E-state index >= 15 is 0 Å². The minimum atomic E-state index is -0.162. The molecule has 4 aromatic rings. The van der Waals surface area contributed by atoms with Crippen LogP contribution in [0.25, 0.3) is 20.9 Å². The quantitative estimate of drug-likeness (QED) is 0.0455. The van der Waals surface area contributed by atoms with Crippen molar-refractivity contribution in [1.29, 1.82) is 0 Å². The van der Waals surface area contributed by atoms with Gasteiger partial charge in [-0.3, -0.25) is 9.59 Å². The van der Waals surface area contributed by atoms with Gasteiger partial charge in [0, 0.05) is 65.4 Å². The number of anilines is 2.